The van der Waals surface area contributed by atoms with Crippen molar-refractivity contribution < 1.29 is 23.7 Å². The van der Waals surface area contributed by atoms with Gasteiger partial charge in [-0.25, -0.2) is 0 Å². The summed E-state index contributed by atoms with van der Waals surface area (Å²) >= 11 is 0. The fraction of sp³-hybridized carbons (Fsp3) is 1.00. The fourth-order valence-corrected chi connectivity index (χ4v) is 4.02. The molecule has 4 heterocycles. The van der Waals surface area contributed by atoms with Gasteiger partial charge < -0.3 is 23.7 Å². The van der Waals surface area contributed by atoms with Crippen molar-refractivity contribution in [1.82, 2.24) is 0 Å². The van der Waals surface area contributed by atoms with Gasteiger partial charge in [0.05, 0.1) is 50.8 Å². The van der Waals surface area contributed by atoms with E-state index in [2.05, 4.69) is 0 Å². The van der Waals surface area contributed by atoms with Crippen LogP contribution in [0.2, 0.25) is 0 Å². The van der Waals surface area contributed by atoms with E-state index in [4.69, 9.17) is 23.7 Å². The molecule has 25 heavy (non-hydrogen) atoms. The molecule has 0 aromatic carbocycles. The van der Waals surface area contributed by atoms with E-state index in [-0.39, 0.29) is 0 Å². The van der Waals surface area contributed by atoms with Gasteiger partial charge in [-0.2, -0.15) is 0 Å². The molecule has 0 aromatic rings. The summed E-state index contributed by atoms with van der Waals surface area (Å²) in [5.74, 6) is 1.51. The van der Waals surface area contributed by atoms with E-state index in [0.717, 1.165) is 51.5 Å². The molecule has 4 fully saturated rings. The predicted octanol–water partition coefficient (Wildman–Crippen LogP) is 2.95. The van der Waals surface area contributed by atoms with Crippen LogP contribution in [0.3, 0.4) is 0 Å². The lowest BCUT2D eigenvalue weighted by atomic mass is 9.93. The van der Waals surface area contributed by atoms with Crippen LogP contribution in [0.5, 0.6) is 0 Å². The summed E-state index contributed by atoms with van der Waals surface area (Å²) in [6.07, 6.45) is 11.8. The molecule has 0 spiro atoms. The molecule has 0 saturated carbocycles. The maximum absolute atomic E-state index is 5.89. The lowest BCUT2D eigenvalue weighted by molar-refractivity contribution is 0.116. The van der Waals surface area contributed by atoms with Crippen molar-refractivity contribution in [2.45, 2.75) is 75.8 Å². The molecule has 0 aromatic heterocycles. The van der Waals surface area contributed by atoms with Crippen LogP contribution in [0.1, 0.15) is 51.4 Å². The Kier molecular flexibility index (Phi) is 6.64. The molecule has 4 rings (SSSR count). The van der Waals surface area contributed by atoms with Crippen LogP contribution in [0.4, 0.5) is 0 Å². The van der Waals surface area contributed by atoms with Gasteiger partial charge in [-0.3, -0.25) is 0 Å². The van der Waals surface area contributed by atoms with Crippen molar-refractivity contribution in [3.05, 3.63) is 0 Å². The third-order valence-electron chi connectivity index (χ3n) is 5.80. The molecule has 4 unspecified atom stereocenters. The standard InChI is InChI=1S/C20H34O5/c1(3-15(7-17-11-22-17)8-18-12-23-18)5-21-6-2-4-16(9-19-13-24-19)10-20-14-25-20/h15-20H,1-14H2. The van der Waals surface area contributed by atoms with Crippen molar-refractivity contribution in [2.75, 3.05) is 39.6 Å². The lowest BCUT2D eigenvalue weighted by Gasteiger charge is -2.16. The molecule has 4 saturated heterocycles. The normalized spacial score (nSPS) is 34.6. The maximum Gasteiger partial charge on any atom is 0.0812 e. The van der Waals surface area contributed by atoms with E-state index in [9.17, 15) is 0 Å². The van der Waals surface area contributed by atoms with Crippen LogP contribution >= 0.6 is 0 Å². The van der Waals surface area contributed by atoms with Crippen LogP contribution < -0.4 is 0 Å². The SMILES string of the molecule is C(COCCCC(CC1CO1)CC1CO1)CC(CC1CO1)CC1CO1. The Labute approximate surface area is 151 Å². The molecule has 0 bridgehead atoms. The molecule has 4 aliphatic heterocycles. The molecule has 4 atom stereocenters. The fourth-order valence-electron chi connectivity index (χ4n) is 4.02. The third-order valence-corrected chi connectivity index (χ3v) is 5.80. The lowest BCUT2D eigenvalue weighted by Crippen LogP contribution is -2.11. The summed E-state index contributed by atoms with van der Waals surface area (Å²) in [4.78, 5) is 0. The van der Waals surface area contributed by atoms with Gasteiger partial charge in [-0.1, -0.05) is 0 Å². The van der Waals surface area contributed by atoms with Crippen molar-refractivity contribution >= 4 is 0 Å². The Morgan fingerprint density at radius 1 is 0.600 bits per heavy atom. The molecule has 0 amide bonds. The Morgan fingerprint density at radius 3 is 1.20 bits per heavy atom. The van der Waals surface area contributed by atoms with E-state index in [0.29, 0.717) is 24.4 Å². The van der Waals surface area contributed by atoms with E-state index in [1.54, 1.807) is 0 Å². The second-order valence-electron chi connectivity index (χ2n) is 8.39. The summed E-state index contributed by atoms with van der Waals surface area (Å²) in [6.45, 7) is 5.68. The van der Waals surface area contributed by atoms with E-state index >= 15 is 0 Å². The zero-order valence-electron chi connectivity index (χ0n) is 15.4. The molecule has 5 nitrogen and oxygen atoms in total. The van der Waals surface area contributed by atoms with Crippen LogP contribution in [-0.2, 0) is 23.7 Å². The summed E-state index contributed by atoms with van der Waals surface area (Å²) < 4.78 is 27.5. The summed E-state index contributed by atoms with van der Waals surface area (Å²) in [5.41, 5.74) is 0. The predicted molar refractivity (Wildman–Crippen MR) is 93.7 cm³/mol. The number of hydrogen-bond acceptors (Lipinski definition) is 5. The zero-order valence-corrected chi connectivity index (χ0v) is 15.4. The number of hydrogen-bond donors (Lipinski definition) is 0. The molecule has 0 N–H and O–H groups in total. The summed E-state index contributed by atoms with van der Waals surface area (Å²) in [7, 11) is 0. The Morgan fingerprint density at radius 2 is 0.920 bits per heavy atom. The number of ether oxygens (including phenoxy) is 5. The van der Waals surface area contributed by atoms with E-state index < -0.39 is 0 Å². The first-order valence-corrected chi connectivity index (χ1v) is 10.4. The minimum absolute atomic E-state index is 0.535. The summed E-state index contributed by atoms with van der Waals surface area (Å²) in [5, 5.41) is 0. The highest BCUT2D eigenvalue weighted by Crippen LogP contribution is 2.31. The van der Waals surface area contributed by atoms with Gasteiger partial charge in [0.25, 0.3) is 0 Å². The van der Waals surface area contributed by atoms with Gasteiger partial charge in [0, 0.05) is 13.2 Å². The van der Waals surface area contributed by atoms with Crippen molar-refractivity contribution in [2.24, 2.45) is 11.8 Å². The topological polar surface area (TPSA) is 59.4 Å². The quantitative estimate of drug-likeness (QED) is 0.315. The number of epoxide rings is 4. The van der Waals surface area contributed by atoms with Crippen LogP contribution in [-0.4, -0.2) is 64.1 Å². The van der Waals surface area contributed by atoms with Crippen molar-refractivity contribution in [3.8, 4) is 0 Å². The van der Waals surface area contributed by atoms with Gasteiger partial charge in [-0.05, 0) is 63.2 Å². The van der Waals surface area contributed by atoms with Crippen LogP contribution in [0.25, 0.3) is 0 Å². The first kappa shape index (κ1) is 18.2. The average Bonchev–Trinajstić information content (AvgIpc) is 3.45. The Balaban J connectivity index is 1.01. The molecule has 0 aliphatic carbocycles. The van der Waals surface area contributed by atoms with E-state index in [1.807, 2.05) is 0 Å². The second kappa shape index (κ2) is 9.14. The molecule has 5 heteroatoms. The summed E-state index contributed by atoms with van der Waals surface area (Å²) in [6, 6.07) is 0. The van der Waals surface area contributed by atoms with Crippen molar-refractivity contribution in [3.63, 3.8) is 0 Å². The minimum atomic E-state index is 0.535. The van der Waals surface area contributed by atoms with Crippen LogP contribution in [0.15, 0.2) is 0 Å². The van der Waals surface area contributed by atoms with Gasteiger partial charge in [-0.15, -0.1) is 0 Å². The largest absolute Gasteiger partial charge is 0.381 e. The van der Waals surface area contributed by atoms with Gasteiger partial charge >= 0.3 is 0 Å². The van der Waals surface area contributed by atoms with Crippen molar-refractivity contribution in [1.29, 1.82) is 0 Å². The van der Waals surface area contributed by atoms with Crippen LogP contribution in [0, 0.1) is 11.8 Å². The Bertz CT molecular complexity index is 324. The second-order valence-corrected chi connectivity index (χ2v) is 8.39. The van der Waals surface area contributed by atoms with Gasteiger partial charge in [0.2, 0.25) is 0 Å². The first-order chi connectivity index (χ1) is 12.3. The smallest absolute Gasteiger partial charge is 0.0812 e. The highest BCUT2D eigenvalue weighted by molar-refractivity contribution is 4.81. The highest BCUT2D eigenvalue weighted by atomic mass is 16.6. The van der Waals surface area contributed by atoms with E-state index in [1.165, 1.54) is 51.4 Å². The molecular weight excluding hydrogens is 320 g/mol. The molecular formula is C20H34O5. The molecule has 4 aliphatic rings. The monoisotopic (exact) mass is 354 g/mol. The minimum Gasteiger partial charge on any atom is -0.381 e. The maximum atomic E-state index is 5.89. The zero-order chi connectivity index (χ0) is 16.9. The van der Waals surface area contributed by atoms with Gasteiger partial charge in [0.15, 0.2) is 0 Å². The average molecular weight is 354 g/mol. The molecule has 144 valence electrons. The number of rotatable bonds is 16. The van der Waals surface area contributed by atoms with Gasteiger partial charge in [0.1, 0.15) is 0 Å². The molecule has 0 radical (unpaired) electrons. The third kappa shape index (κ3) is 7.92. The first-order valence-electron chi connectivity index (χ1n) is 10.4. The Hall–Kier alpha value is -0.200. The highest BCUT2D eigenvalue weighted by Gasteiger charge is 2.32.